The molecule has 0 spiro atoms. The molecule has 0 saturated heterocycles. The number of nitrogens with zero attached hydrogens (tertiary/aromatic N) is 1. The van der Waals surface area contributed by atoms with E-state index in [1.165, 1.54) is 0 Å². The zero-order valence-electron chi connectivity index (χ0n) is 6.71. The monoisotopic (exact) mass is 217 g/mol. The van der Waals surface area contributed by atoms with Crippen LogP contribution in [-0.4, -0.2) is 17.9 Å². The second kappa shape index (κ2) is 3.24. The van der Waals surface area contributed by atoms with Crippen molar-refractivity contribution in [2.45, 2.75) is 4.90 Å². The topological polar surface area (TPSA) is 126 Å². The zero-order valence-corrected chi connectivity index (χ0v) is 7.52. The Morgan fingerprint density at radius 1 is 1.36 bits per heavy atom. The first-order valence-corrected chi connectivity index (χ1v) is 4.73. The molecule has 0 aliphatic heterocycles. The molecule has 0 unspecified atom stereocenters. The number of benzene rings is 1. The van der Waals surface area contributed by atoms with Crippen molar-refractivity contribution in [1.82, 2.24) is 0 Å². The fourth-order valence-corrected chi connectivity index (χ4v) is 1.51. The maximum absolute atomic E-state index is 10.6. The van der Waals surface area contributed by atoms with Gasteiger partial charge in [-0.1, -0.05) is 0 Å². The Morgan fingerprint density at radius 3 is 2.36 bits per heavy atom. The predicted octanol–water partition coefficient (Wildman–Crippen LogP) is 0.0811. The number of hydrogen-bond donors (Lipinski definition) is 1. The van der Waals surface area contributed by atoms with Crippen molar-refractivity contribution in [3.8, 4) is 0 Å². The van der Waals surface area contributed by atoms with Gasteiger partial charge >= 0.3 is 0 Å². The Morgan fingerprint density at radius 2 is 1.93 bits per heavy atom. The average Bonchev–Trinajstić information content (AvgIpc) is 2.01. The van der Waals surface area contributed by atoms with Crippen LogP contribution in [0.25, 0.3) is 0 Å². The summed E-state index contributed by atoms with van der Waals surface area (Å²) in [4.78, 5) is 8.52. The fourth-order valence-electron chi connectivity index (χ4n) is 0.888. The molecule has 2 N–H and O–H groups in total. The summed E-state index contributed by atoms with van der Waals surface area (Å²) in [7, 11) is -4.84. The molecule has 0 heterocycles. The lowest BCUT2D eigenvalue weighted by atomic mass is 10.3. The lowest BCUT2D eigenvalue weighted by Gasteiger charge is -2.07. The van der Waals surface area contributed by atoms with Crippen LogP contribution in [0, 0.1) is 10.1 Å². The van der Waals surface area contributed by atoms with E-state index in [0.717, 1.165) is 18.2 Å². The van der Waals surface area contributed by atoms with E-state index in [9.17, 15) is 23.1 Å². The minimum Gasteiger partial charge on any atom is -0.744 e. The summed E-state index contributed by atoms with van der Waals surface area (Å²) in [6.45, 7) is 0. The summed E-state index contributed by atoms with van der Waals surface area (Å²) in [6.07, 6.45) is 0. The number of nitro benzene ring substituents is 1. The highest BCUT2D eigenvalue weighted by atomic mass is 32.2. The second-order valence-corrected chi connectivity index (χ2v) is 3.79. The summed E-state index contributed by atoms with van der Waals surface area (Å²) in [5.41, 5.74) is 4.42. The van der Waals surface area contributed by atoms with Gasteiger partial charge in [-0.2, -0.15) is 0 Å². The Balaban J connectivity index is 3.53. The second-order valence-electron chi connectivity index (χ2n) is 2.44. The number of nitro groups is 1. The van der Waals surface area contributed by atoms with E-state index >= 15 is 0 Å². The van der Waals surface area contributed by atoms with Crippen LogP contribution in [0.5, 0.6) is 0 Å². The van der Waals surface area contributed by atoms with Gasteiger partial charge in [-0.15, -0.1) is 0 Å². The van der Waals surface area contributed by atoms with Crippen LogP contribution in [0.3, 0.4) is 0 Å². The SMILES string of the molecule is Nc1ccc(S(=O)(=O)[O-])c([N+](=O)[O-])c1. The normalized spacial score (nSPS) is 11.2. The summed E-state index contributed by atoms with van der Waals surface area (Å²) < 4.78 is 31.7. The van der Waals surface area contributed by atoms with Crippen LogP contribution in [0.4, 0.5) is 11.4 Å². The number of hydrogen-bond acceptors (Lipinski definition) is 6. The van der Waals surface area contributed by atoms with Crippen molar-refractivity contribution in [1.29, 1.82) is 0 Å². The van der Waals surface area contributed by atoms with Crippen molar-refractivity contribution in [2.24, 2.45) is 0 Å². The largest absolute Gasteiger partial charge is 0.744 e. The smallest absolute Gasteiger partial charge is 0.288 e. The van der Waals surface area contributed by atoms with Crippen LogP contribution in [0.15, 0.2) is 23.1 Å². The van der Waals surface area contributed by atoms with Crippen molar-refractivity contribution >= 4 is 21.5 Å². The third-order valence-corrected chi connectivity index (χ3v) is 2.33. The minimum absolute atomic E-state index is 0.0177. The molecule has 0 radical (unpaired) electrons. The maximum atomic E-state index is 10.6. The molecule has 76 valence electrons. The van der Waals surface area contributed by atoms with Gasteiger partial charge in [-0.05, 0) is 12.1 Å². The standard InChI is InChI=1S/C6H6N2O5S/c7-4-1-2-6(14(11,12)13)5(3-4)8(9)10/h1-3H,7H2,(H,11,12,13)/p-1. The molecule has 1 aromatic carbocycles. The predicted molar refractivity (Wildman–Crippen MR) is 45.5 cm³/mol. The number of rotatable bonds is 2. The van der Waals surface area contributed by atoms with E-state index in [4.69, 9.17) is 5.73 Å². The molecular formula is C6H5N2O5S-. The van der Waals surface area contributed by atoms with Gasteiger partial charge in [0.2, 0.25) is 0 Å². The third kappa shape index (κ3) is 1.98. The van der Waals surface area contributed by atoms with Gasteiger partial charge in [0.15, 0.2) is 0 Å². The van der Waals surface area contributed by atoms with Crippen molar-refractivity contribution < 1.29 is 17.9 Å². The first-order valence-electron chi connectivity index (χ1n) is 3.32. The van der Waals surface area contributed by atoms with E-state index in [2.05, 4.69) is 0 Å². The highest BCUT2D eigenvalue weighted by molar-refractivity contribution is 7.85. The summed E-state index contributed by atoms with van der Waals surface area (Å²) in [5.74, 6) is 0. The molecule has 0 aromatic heterocycles. The molecule has 0 aliphatic rings. The van der Waals surface area contributed by atoms with E-state index in [0.29, 0.717) is 0 Å². The molecule has 14 heavy (non-hydrogen) atoms. The van der Waals surface area contributed by atoms with E-state index in [1.807, 2.05) is 0 Å². The number of anilines is 1. The van der Waals surface area contributed by atoms with Crippen molar-refractivity contribution in [3.63, 3.8) is 0 Å². The van der Waals surface area contributed by atoms with Crippen LogP contribution in [-0.2, 0) is 10.1 Å². The lowest BCUT2D eigenvalue weighted by molar-refractivity contribution is -0.387. The molecule has 0 saturated carbocycles. The zero-order chi connectivity index (χ0) is 10.9. The van der Waals surface area contributed by atoms with Gasteiger partial charge < -0.3 is 10.3 Å². The molecule has 1 rings (SSSR count). The highest BCUT2D eigenvalue weighted by Crippen LogP contribution is 2.25. The van der Waals surface area contributed by atoms with Crippen LogP contribution in [0.2, 0.25) is 0 Å². The molecule has 7 nitrogen and oxygen atoms in total. The van der Waals surface area contributed by atoms with E-state index in [-0.39, 0.29) is 5.69 Å². The van der Waals surface area contributed by atoms with E-state index in [1.54, 1.807) is 0 Å². The highest BCUT2D eigenvalue weighted by Gasteiger charge is 2.18. The molecule has 0 atom stereocenters. The molecule has 0 aliphatic carbocycles. The van der Waals surface area contributed by atoms with Crippen molar-refractivity contribution in [2.75, 3.05) is 5.73 Å². The van der Waals surface area contributed by atoms with Crippen LogP contribution >= 0.6 is 0 Å². The fraction of sp³-hybridized carbons (Fsp3) is 0. The first-order chi connectivity index (χ1) is 6.32. The Kier molecular flexibility index (Phi) is 2.41. The van der Waals surface area contributed by atoms with Crippen LogP contribution < -0.4 is 5.73 Å². The van der Waals surface area contributed by atoms with Gasteiger partial charge in [0.1, 0.15) is 15.0 Å². The summed E-state index contributed by atoms with van der Waals surface area (Å²) in [6, 6.07) is 2.75. The third-order valence-electron chi connectivity index (χ3n) is 1.45. The van der Waals surface area contributed by atoms with Crippen LogP contribution in [0.1, 0.15) is 0 Å². The molecule has 0 fully saturated rings. The Labute approximate surface area is 79.1 Å². The molecular weight excluding hydrogens is 212 g/mol. The number of nitrogens with two attached hydrogens (primary N) is 1. The maximum Gasteiger partial charge on any atom is 0.288 e. The summed E-state index contributed by atoms with van der Waals surface area (Å²) in [5, 5.41) is 10.4. The lowest BCUT2D eigenvalue weighted by Crippen LogP contribution is -2.04. The summed E-state index contributed by atoms with van der Waals surface area (Å²) >= 11 is 0. The quantitative estimate of drug-likeness (QED) is 0.323. The van der Waals surface area contributed by atoms with Gasteiger partial charge in [0.05, 0.1) is 4.92 Å². The van der Waals surface area contributed by atoms with Gasteiger partial charge in [0.25, 0.3) is 5.69 Å². The molecule has 1 aromatic rings. The van der Waals surface area contributed by atoms with Crippen molar-refractivity contribution in [3.05, 3.63) is 28.3 Å². The molecule has 0 bridgehead atoms. The molecule has 0 amide bonds. The van der Waals surface area contributed by atoms with Gasteiger partial charge in [0, 0.05) is 11.8 Å². The minimum atomic E-state index is -4.84. The Hall–Kier alpha value is -1.67. The van der Waals surface area contributed by atoms with Gasteiger partial charge in [-0.25, -0.2) is 8.42 Å². The number of nitrogen functional groups attached to an aromatic ring is 1. The Bertz CT molecular complexity index is 481. The first kappa shape index (κ1) is 10.4. The average molecular weight is 217 g/mol. The van der Waals surface area contributed by atoms with E-state index < -0.39 is 25.6 Å². The van der Waals surface area contributed by atoms with Gasteiger partial charge in [-0.3, -0.25) is 10.1 Å². The molecule has 8 heteroatoms.